The van der Waals surface area contributed by atoms with Gasteiger partial charge in [-0.3, -0.25) is 9.55 Å². The molecule has 100 valence electrons. The molecule has 2 aromatic heterocycles. The van der Waals surface area contributed by atoms with Gasteiger partial charge in [0.05, 0.1) is 24.6 Å². The Hall–Kier alpha value is -2.24. The molecule has 19 heavy (non-hydrogen) atoms. The third-order valence-corrected chi connectivity index (χ3v) is 2.73. The number of hydrogen-bond acceptors (Lipinski definition) is 5. The molecule has 0 aliphatic heterocycles. The van der Waals surface area contributed by atoms with E-state index < -0.39 is 0 Å². The summed E-state index contributed by atoms with van der Waals surface area (Å²) in [6, 6.07) is 1.88. The lowest BCUT2D eigenvalue weighted by Crippen LogP contribution is -2.26. The minimum atomic E-state index is -0.255. The minimum Gasteiger partial charge on any atom is -0.369 e. The van der Waals surface area contributed by atoms with E-state index in [0.29, 0.717) is 6.54 Å². The van der Waals surface area contributed by atoms with Crippen LogP contribution in [0.2, 0.25) is 0 Å². The van der Waals surface area contributed by atoms with Crippen LogP contribution in [-0.2, 0) is 6.54 Å². The number of nitrogens with zero attached hydrogens (tertiary/aromatic N) is 4. The molecule has 0 fully saturated rings. The van der Waals surface area contributed by atoms with Gasteiger partial charge >= 0.3 is 5.69 Å². The maximum absolute atomic E-state index is 11.8. The summed E-state index contributed by atoms with van der Waals surface area (Å²) in [6.45, 7) is 6.88. The quantitative estimate of drug-likeness (QED) is 0.891. The zero-order valence-electron chi connectivity index (χ0n) is 11.3. The highest BCUT2D eigenvalue weighted by molar-refractivity contribution is 5.30. The fourth-order valence-corrected chi connectivity index (χ4v) is 1.84. The Balaban J connectivity index is 2.24. The Morgan fingerprint density at radius 3 is 2.63 bits per heavy atom. The second kappa shape index (κ2) is 5.60. The fraction of sp³-hybridized carbons (Fsp3) is 0.385. The van der Waals surface area contributed by atoms with Gasteiger partial charge in [0.25, 0.3) is 0 Å². The number of hydrogen-bond donors (Lipinski definition) is 1. The van der Waals surface area contributed by atoms with Crippen LogP contribution in [0.15, 0.2) is 23.3 Å². The van der Waals surface area contributed by atoms with E-state index in [1.165, 1.54) is 0 Å². The van der Waals surface area contributed by atoms with Crippen LogP contribution >= 0.6 is 0 Å². The molecule has 0 aromatic carbocycles. The zero-order valence-corrected chi connectivity index (χ0v) is 11.3. The third kappa shape index (κ3) is 3.15. The normalized spacial score (nSPS) is 10.5. The Morgan fingerprint density at radius 1 is 1.26 bits per heavy atom. The van der Waals surface area contributed by atoms with Crippen molar-refractivity contribution in [2.75, 3.05) is 11.9 Å². The van der Waals surface area contributed by atoms with Crippen LogP contribution in [0.4, 0.5) is 5.82 Å². The first-order valence-corrected chi connectivity index (χ1v) is 6.20. The van der Waals surface area contributed by atoms with E-state index in [1.807, 2.05) is 26.8 Å². The van der Waals surface area contributed by atoms with Crippen LogP contribution in [0.3, 0.4) is 0 Å². The van der Waals surface area contributed by atoms with Crippen LogP contribution in [0, 0.1) is 13.8 Å². The molecule has 0 spiro atoms. The van der Waals surface area contributed by atoms with Gasteiger partial charge in [-0.05, 0) is 26.8 Å². The molecule has 2 rings (SSSR count). The molecule has 0 bridgehead atoms. The van der Waals surface area contributed by atoms with Gasteiger partial charge in [-0.15, -0.1) is 0 Å². The molecule has 0 aliphatic carbocycles. The molecule has 2 heterocycles. The van der Waals surface area contributed by atoms with Crippen molar-refractivity contribution in [2.24, 2.45) is 0 Å². The Labute approximate surface area is 111 Å². The van der Waals surface area contributed by atoms with Crippen molar-refractivity contribution in [3.8, 4) is 0 Å². The predicted octanol–water partition coefficient (Wildman–Crippen LogP) is 1.13. The molecule has 0 amide bonds. The number of rotatable bonds is 4. The molecule has 0 radical (unpaired) electrons. The van der Waals surface area contributed by atoms with Crippen molar-refractivity contribution >= 4 is 5.82 Å². The summed E-state index contributed by atoms with van der Waals surface area (Å²) in [5, 5.41) is 3.07. The van der Waals surface area contributed by atoms with Crippen molar-refractivity contribution in [3.63, 3.8) is 0 Å². The molecule has 6 heteroatoms. The lowest BCUT2D eigenvalue weighted by atomic mass is 10.3. The molecule has 6 nitrogen and oxygen atoms in total. The molecule has 1 N–H and O–H groups in total. The van der Waals surface area contributed by atoms with E-state index in [4.69, 9.17) is 0 Å². The topological polar surface area (TPSA) is 72.7 Å². The molecule has 0 saturated heterocycles. The molecule has 0 saturated carbocycles. The summed E-state index contributed by atoms with van der Waals surface area (Å²) in [5.74, 6) is 0.734. The van der Waals surface area contributed by atoms with Gasteiger partial charge in [-0.2, -0.15) is 4.98 Å². The van der Waals surface area contributed by atoms with E-state index in [9.17, 15) is 4.79 Å². The van der Waals surface area contributed by atoms with Crippen LogP contribution < -0.4 is 11.0 Å². The van der Waals surface area contributed by atoms with Crippen LogP contribution in [0.25, 0.3) is 0 Å². The van der Waals surface area contributed by atoms with Gasteiger partial charge in [-0.25, -0.2) is 9.78 Å². The number of anilines is 1. The maximum atomic E-state index is 11.8. The smallest absolute Gasteiger partial charge is 0.348 e. The van der Waals surface area contributed by atoms with E-state index in [2.05, 4.69) is 20.3 Å². The second-order valence-corrected chi connectivity index (χ2v) is 4.33. The Kier molecular flexibility index (Phi) is 3.89. The van der Waals surface area contributed by atoms with Crippen molar-refractivity contribution in [1.29, 1.82) is 0 Å². The number of aryl methyl sites for hydroxylation is 2. The Morgan fingerprint density at radius 2 is 2.05 bits per heavy atom. The van der Waals surface area contributed by atoms with E-state index in [-0.39, 0.29) is 5.69 Å². The van der Waals surface area contributed by atoms with Gasteiger partial charge in [0, 0.05) is 17.9 Å². The van der Waals surface area contributed by atoms with Gasteiger partial charge in [0.2, 0.25) is 0 Å². The van der Waals surface area contributed by atoms with Crippen LogP contribution in [0.1, 0.15) is 24.0 Å². The van der Waals surface area contributed by atoms with Gasteiger partial charge in [0.1, 0.15) is 5.82 Å². The first-order valence-electron chi connectivity index (χ1n) is 6.20. The monoisotopic (exact) mass is 259 g/mol. The second-order valence-electron chi connectivity index (χ2n) is 4.33. The summed E-state index contributed by atoms with van der Waals surface area (Å²) in [5.41, 5.74) is 2.08. The highest BCUT2D eigenvalue weighted by Crippen LogP contribution is 2.04. The minimum absolute atomic E-state index is 0.255. The summed E-state index contributed by atoms with van der Waals surface area (Å²) in [6.07, 6.45) is 3.34. The number of nitrogens with one attached hydrogen (secondary N) is 1. The van der Waals surface area contributed by atoms with Gasteiger partial charge < -0.3 is 5.32 Å². The highest BCUT2D eigenvalue weighted by Gasteiger charge is 2.05. The van der Waals surface area contributed by atoms with Crippen molar-refractivity contribution in [1.82, 2.24) is 19.5 Å². The van der Waals surface area contributed by atoms with Gasteiger partial charge in [-0.1, -0.05) is 0 Å². The van der Waals surface area contributed by atoms with Crippen LogP contribution in [0.5, 0.6) is 0 Å². The summed E-state index contributed by atoms with van der Waals surface area (Å²) in [4.78, 5) is 24.3. The molecule has 0 aliphatic rings. The van der Waals surface area contributed by atoms with E-state index in [1.54, 1.807) is 17.0 Å². The summed E-state index contributed by atoms with van der Waals surface area (Å²) < 4.78 is 1.59. The molecular weight excluding hydrogens is 242 g/mol. The fourth-order valence-electron chi connectivity index (χ4n) is 1.84. The Bertz CT molecular complexity index is 618. The van der Waals surface area contributed by atoms with E-state index >= 15 is 0 Å². The highest BCUT2D eigenvalue weighted by atomic mass is 16.1. The first kappa shape index (κ1) is 13.2. The predicted molar refractivity (Wildman–Crippen MR) is 73.3 cm³/mol. The molecule has 0 unspecified atom stereocenters. The zero-order chi connectivity index (χ0) is 13.8. The number of aromatic nitrogens is 4. The molecular formula is C13H17N5O. The lowest BCUT2D eigenvalue weighted by Gasteiger charge is -2.09. The first-order chi connectivity index (χ1) is 9.10. The van der Waals surface area contributed by atoms with E-state index in [0.717, 1.165) is 29.4 Å². The largest absolute Gasteiger partial charge is 0.369 e. The van der Waals surface area contributed by atoms with Crippen molar-refractivity contribution in [3.05, 3.63) is 46.0 Å². The van der Waals surface area contributed by atoms with Crippen LogP contribution in [-0.4, -0.2) is 26.1 Å². The van der Waals surface area contributed by atoms with Crippen molar-refractivity contribution in [2.45, 2.75) is 27.3 Å². The maximum Gasteiger partial charge on any atom is 0.348 e. The molecule has 0 atom stereocenters. The summed E-state index contributed by atoms with van der Waals surface area (Å²) in [7, 11) is 0. The van der Waals surface area contributed by atoms with Crippen molar-refractivity contribution < 1.29 is 0 Å². The standard InChI is InChI=1S/C13H17N5O/c1-4-14-12-7-15-11(6-16-12)8-18-10(3)5-9(2)17-13(18)19/h5-7H,4,8H2,1-3H3,(H,14,16). The average Bonchev–Trinajstić information content (AvgIpc) is 2.36. The summed E-state index contributed by atoms with van der Waals surface area (Å²) >= 11 is 0. The lowest BCUT2D eigenvalue weighted by molar-refractivity contribution is 0.678. The molecule has 2 aromatic rings. The average molecular weight is 259 g/mol. The third-order valence-electron chi connectivity index (χ3n) is 2.73. The SMILES string of the molecule is CCNc1cnc(Cn2c(C)cc(C)nc2=O)cn1. The van der Waals surface area contributed by atoms with Gasteiger partial charge in [0.15, 0.2) is 0 Å².